The van der Waals surface area contributed by atoms with E-state index in [0.29, 0.717) is 11.5 Å². The molecule has 3 aromatic rings. The molecule has 0 aliphatic rings. The lowest BCUT2D eigenvalue weighted by molar-refractivity contribution is 0.386. The van der Waals surface area contributed by atoms with Gasteiger partial charge in [-0.1, -0.05) is 12.1 Å². The van der Waals surface area contributed by atoms with E-state index in [4.69, 9.17) is 9.47 Å². The number of aromatic nitrogens is 3. The van der Waals surface area contributed by atoms with Crippen LogP contribution in [0.2, 0.25) is 0 Å². The summed E-state index contributed by atoms with van der Waals surface area (Å²) in [5.41, 5.74) is 2.66. The van der Waals surface area contributed by atoms with Gasteiger partial charge in [0.05, 0.1) is 14.2 Å². The van der Waals surface area contributed by atoms with Gasteiger partial charge in [-0.15, -0.1) is 5.10 Å². The lowest BCUT2D eigenvalue weighted by Crippen LogP contribution is -1.97. The van der Waals surface area contributed by atoms with E-state index in [1.165, 1.54) is 0 Å². The van der Waals surface area contributed by atoms with Crippen molar-refractivity contribution in [2.45, 2.75) is 0 Å². The Bertz CT molecular complexity index is 722. The fourth-order valence-corrected chi connectivity index (χ4v) is 2.01. The van der Waals surface area contributed by atoms with Crippen LogP contribution in [0.15, 0.2) is 36.4 Å². The van der Waals surface area contributed by atoms with Gasteiger partial charge in [-0.05, 0) is 23.8 Å². The van der Waals surface area contributed by atoms with Crippen molar-refractivity contribution in [1.29, 1.82) is 0 Å². The van der Waals surface area contributed by atoms with Crippen LogP contribution in [-0.2, 0) is 0 Å². The van der Waals surface area contributed by atoms with E-state index in [-0.39, 0.29) is 0 Å². The molecule has 5 heteroatoms. The van der Waals surface area contributed by atoms with Crippen molar-refractivity contribution in [2.75, 3.05) is 14.2 Å². The summed E-state index contributed by atoms with van der Waals surface area (Å²) in [4.78, 5) is 4.17. The van der Waals surface area contributed by atoms with Crippen LogP contribution in [0.5, 0.6) is 11.6 Å². The van der Waals surface area contributed by atoms with Gasteiger partial charge < -0.3 is 9.47 Å². The summed E-state index contributed by atoms with van der Waals surface area (Å²) in [5.74, 6) is 1.42. The molecule has 0 amide bonds. The topological polar surface area (TPSA) is 48.7 Å². The first-order chi connectivity index (χ1) is 9.33. The average Bonchev–Trinajstić information content (AvgIpc) is 2.95. The van der Waals surface area contributed by atoms with Gasteiger partial charge in [0.1, 0.15) is 5.75 Å². The predicted molar refractivity (Wildman–Crippen MR) is 70.4 cm³/mol. The van der Waals surface area contributed by atoms with Crippen molar-refractivity contribution in [2.24, 2.45) is 0 Å². The van der Waals surface area contributed by atoms with Crippen LogP contribution >= 0.6 is 0 Å². The Hall–Kier alpha value is -2.56. The van der Waals surface area contributed by atoms with E-state index in [2.05, 4.69) is 16.4 Å². The molecule has 0 aliphatic heterocycles. The highest BCUT2D eigenvalue weighted by atomic mass is 16.5. The Balaban J connectivity index is 2.22. The smallest absolute Gasteiger partial charge is 0.222 e. The average molecular weight is 254 g/mol. The summed E-state index contributed by atoms with van der Waals surface area (Å²) in [6.07, 6.45) is 2.60. The number of benzene rings is 1. The molecule has 0 spiro atoms. The Kier molecular flexibility index (Phi) is 2.79. The summed E-state index contributed by atoms with van der Waals surface area (Å²) in [5, 5.41) is 4.04. The molecule has 0 atom stereocenters. The van der Waals surface area contributed by atoms with E-state index in [0.717, 1.165) is 16.9 Å². The van der Waals surface area contributed by atoms with Crippen LogP contribution in [0.3, 0.4) is 0 Å². The fourth-order valence-electron chi connectivity index (χ4n) is 2.01. The van der Waals surface area contributed by atoms with Gasteiger partial charge in [0, 0.05) is 11.6 Å². The van der Waals surface area contributed by atoms with Gasteiger partial charge >= 0.3 is 0 Å². The standard InChI is InChI=1S/C14H12N3O2/c1-18-11-5-3-4-10(8-11)12-6-7-13(19-2)17-14(12)15-9-16-17/h3-8H,1-2H3. The lowest BCUT2D eigenvalue weighted by atomic mass is 10.1. The normalized spacial score (nSPS) is 10.6. The number of pyridine rings is 1. The quantitative estimate of drug-likeness (QED) is 0.719. The molecule has 0 saturated carbocycles. The Morgan fingerprint density at radius 3 is 2.79 bits per heavy atom. The van der Waals surface area contributed by atoms with E-state index in [1.54, 1.807) is 18.7 Å². The van der Waals surface area contributed by atoms with Gasteiger partial charge in [-0.2, -0.15) is 4.52 Å². The summed E-state index contributed by atoms with van der Waals surface area (Å²) < 4.78 is 12.1. The fraction of sp³-hybridized carbons (Fsp3) is 0.143. The second kappa shape index (κ2) is 4.61. The van der Waals surface area contributed by atoms with Crippen molar-refractivity contribution in [3.05, 3.63) is 42.7 Å². The van der Waals surface area contributed by atoms with Crippen LogP contribution in [0, 0.1) is 6.33 Å². The molecule has 0 fully saturated rings. The lowest BCUT2D eigenvalue weighted by Gasteiger charge is -2.08. The van der Waals surface area contributed by atoms with Gasteiger partial charge in [0.15, 0.2) is 5.65 Å². The molecule has 2 heterocycles. The highest BCUT2D eigenvalue weighted by Crippen LogP contribution is 2.28. The maximum atomic E-state index is 5.24. The maximum Gasteiger partial charge on any atom is 0.222 e. The van der Waals surface area contributed by atoms with Gasteiger partial charge in [-0.3, -0.25) is 0 Å². The number of fused-ring (bicyclic) bond motifs is 1. The zero-order chi connectivity index (χ0) is 13.2. The molecule has 19 heavy (non-hydrogen) atoms. The van der Waals surface area contributed by atoms with Crippen LogP contribution in [0.25, 0.3) is 16.8 Å². The Labute approximate surface area is 110 Å². The van der Waals surface area contributed by atoms with Gasteiger partial charge in [0.2, 0.25) is 12.2 Å². The third kappa shape index (κ3) is 1.89. The largest absolute Gasteiger partial charge is 0.497 e. The number of ether oxygens (including phenoxy) is 2. The van der Waals surface area contributed by atoms with E-state index >= 15 is 0 Å². The van der Waals surface area contributed by atoms with Gasteiger partial charge in [0.25, 0.3) is 0 Å². The molecule has 3 rings (SSSR count). The van der Waals surface area contributed by atoms with Gasteiger partial charge in [-0.25, -0.2) is 4.98 Å². The summed E-state index contributed by atoms with van der Waals surface area (Å²) >= 11 is 0. The predicted octanol–water partition coefficient (Wildman–Crippen LogP) is 2.21. The number of methoxy groups -OCH3 is 2. The maximum absolute atomic E-state index is 5.24. The minimum Gasteiger partial charge on any atom is -0.497 e. The molecule has 1 radical (unpaired) electrons. The minimum absolute atomic E-state index is 0.621. The summed E-state index contributed by atoms with van der Waals surface area (Å²) in [6, 6.07) is 11.6. The first kappa shape index (κ1) is 11.5. The minimum atomic E-state index is 0.621. The van der Waals surface area contributed by atoms with Crippen molar-refractivity contribution in [1.82, 2.24) is 14.6 Å². The molecule has 0 saturated heterocycles. The molecule has 5 nitrogen and oxygen atoms in total. The first-order valence-electron chi connectivity index (χ1n) is 5.77. The number of hydrogen-bond donors (Lipinski definition) is 0. The molecule has 0 N–H and O–H groups in total. The second-order valence-corrected chi connectivity index (χ2v) is 3.97. The van der Waals surface area contributed by atoms with Crippen molar-refractivity contribution in [3.8, 4) is 22.8 Å². The molecular formula is C14H12N3O2. The monoisotopic (exact) mass is 254 g/mol. The van der Waals surface area contributed by atoms with Crippen molar-refractivity contribution in [3.63, 3.8) is 0 Å². The summed E-state index contributed by atoms with van der Waals surface area (Å²) in [7, 11) is 3.25. The molecule has 1 aromatic carbocycles. The van der Waals surface area contributed by atoms with Crippen molar-refractivity contribution >= 4 is 5.65 Å². The van der Waals surface area contributed by atoms with Crippen LogP contribution in [0.1, 0.15) is 0 Å². The van der Waals surface area contributed by atoms with Crippen molar-refractivity contribution < 1.29 is 9.47 Å². The Morgan fingerprint density at radius 2 is 2.00 bits per heavy atom. The molecule has 95 valence electrons. The number of nitrogens with zero attached hydrogens (tertiary/aromatic N) is 3. The number of hydrogen-bond acceptors (Lipinski definition) is 4. The van der Waals surface area contributed by atoms with Crippen LogP contribution in [-0.4, -0.2) is 28.8 Å². The highest BCUT2D eigenvalue weighted by molar-refractivity contribution is 5.78. The third-order valence-electron chi connectivity index (χ3n) is 2.93. The molecule has 2 aromatic heterocycles. The van der Waals surface area contributed by atoms with E-state index < -0.39 is 0 Å². The zero-order valence-corrected chi connectivity index (χ0v) is 10.6. The van der Waals surface area contributed by atoms with E-state index in [1.807, 2.05) is 36.4 Å². The molecule has 0 unspecified atom stereocenters. The Morgan fingerprint density at radius 1 is 1.11 bits per heavy atom. The zero-order valence-electron chi connectivity index (χ0n) is 10.6. The second-order valence-electron chi connectivity index (χ2n) is 3.97. The summed E-state index contributed by atoms with van der Waals surface area (Å²) in [6.45, 7) is 0. The molecule has 0 bridgehead atoms. The van der Waals surface area contributed by atoms with Crippen LogP contribution < -0.4 is 9.47 Å². The van der Waals surface area contributed by atoms with E-state index in [9.17, 15) is 0 Å². The highest BCUT2D eigenvalue weighted by Gasteiger charge is 2.10. The molecule has 0 aliphatic carbocycles. The SMILES string of the molecule is COc1cccc(-c2ccc(OC)n3n[c]nc23)c1. The molecular weight excluding hydrogens is 242 g/mol. The first-order valence-corrected chi connectivity index (χ1v) is 5.77. The third-order valence-corrected chi connectivity index (χ3v) is 2.93. The van der Waals surface area contributed by atoms with Crippen LogP contribution in [0.4, 0.5) is 0 Å². The number of rotatable bonds is 3.